The smallest absolute Gasteiger partial charge is 0.247 e. The fourth-order valence-electron chi connectivity index (χ4n) is 1.11. The first-order valence-corrected chi connectivity index (χ1v) is 3.88. The van der Waals surface area contributed by atoms with E-state index in [0.717, 1.165) is 11.4 Å². The second kappa shape index (κ2) is 3.11. The van der Waals surface area contributed by atoms with Crippen LogP contribution in [0.1, 0.15) is 0 Å². The standard InChI is InChI=1S/C10H7N3/c1-11-9-7-12-10(13-9)8-5-3-2-4-6-8/h2-7H,(H,12,13). The van der Waals surface area contributed by atoms with Crippen LogP contribution in [0.4, 0.5) is 5.82 Å². The van der Waals surface area contributed by atoms with E-state index in [1.54, 1.807) is 0 Å². The lowest BCUT2D eigenvalue weighted by atomic mass is 10.2. The van der Waals surface area contributed by atoms with E-state index < -0.39 is 0 Å². The van der Waals surface area contributed by atoms with E-state index in [9.17, 15) is 0 Å². The number of nitrogens with zero attached hydrogens (tertiary/aromatic N) is 2. The molecule has 3 heteroatoms. The van der Waals surface area contributed by atoms with Gasteiger partial charge < -0.3 is 4.85 Å². The Labute approximate surface area is 75.9 Å². The van der Waals surface area contributed by atoms with Crippen LogP contribution in [0.3, 0.4) is 0 Å². The number of hydrogen-bond acceptors (Lipinski definition) is 1. The molecule has 0 atom stereocenters. The van der Waals surface area contributed by atoms with Crippen molar-refractivity contribution in [1.29, 1.82) is 0 Å². The molecule has 3 nitrogen and oxygen atoms in total. The van der Waals surface area contributed by atoms with Gasteiger partial charge in [-0.1, -0.05) is 24.8 Å². The zero-order chi connectivity index (χ0) is 9.10. The zero-order valence-corrected chi connectivity index (χ0v) is 6.86. The molecular weight excluding hydrogens is 162 g/mol. The van der Waals surface area contributed by atoms with Crippen LogP contribution in [-0.2, 0) is 0 Å². The summed E-state index contributed by atoms with van der Waals surface area (Å²) in [6.45, 7) is 6.77. The molecule has 2 aromatic rings. The molecule has 0 unspecified atom stereocenters. The summed E-state index contributed by atoms with van der Waals surface area (Å²) in [4.78, 5) is 10.3. The lowest BCUT2D eigenvalue weighted by Gasteiger charge is -1.90. The third-order valence-corrected chi connectivity index (χ3v) is 1.73. The SMILES string of the molecule is [C-]#[N+]c1cnc(-c2ccccc2)[nH]1. The number of rotatable bonds is 1. The van der Waals surface area contributed by atoms with Crippen LogP contribution in [0.2, 0.25) is 0 Å². The molecule has 2 rings (SSSR count). The molecule has 0 amide bonds. The highest BCUT2D eigenvalue weighted by Crippen LogP contribution is 2.17. The minimum atomic E-state index is 0.471. The second-order valence-corrected chi connectivity index (χ2v) is 2.59. The molecule has 1 N–H and O–H groups in total. The predicted molar refractivity (Wildman–Crippen MR) is 50.3 cm³/mol. The Kier molecular flexibility index (Phi) is 1.81. The summed E-state index contributed by atoms with van der Waals surface area (Å²) in [6.07, 6.45) is 1.54. The first-order chi connectivity index (χ1) is 6.40. The molecule has 0 aliphatic rings. The molecule has 13 heavy (non-hydrogen) atoms. The molecule has 62 valence electrons. The first-order valence-electron chi connectivity index (χ1n) is 3.88. The highest BCUT2D eigenvalue weighted by atomic mass is 15.0. The van der Waals surface area contributed by atoms with Crippen molar-refractivity contribution in [2.75, 3.05) is 0 Å². The minimum Gasteiger partial charge on any atom is -0.363 e. The quantitative estimate of drug-likeness (QED) is 0.654. The van der Waals surface area contributed by atoms with Crippen molar-refractivity contribution in [3.63, 3.8) is 0 Å². The third-order valence-electron chi connectivity index (χ3n) is 1.73. The fourth-order valence-corrected chi connectivity index (χ4v) is 1.11. The molecule has 0 saturated heterocycles. The summed E-state index contributed by atoms with van der Waals surface area (Å²) in [7, 11) is 0. The van der Waals surface area contributed by atoms with Gasteiger partial charge in [0.25, 0.3) is 0 Å². The Balaban J connectivity index is 2.43. The van der Waals surface area contributed by atoms with Crippen LogP contribution in [0.15, 0.2) is 36.5 Å². The van der Waals surface area contributed by atoms with Crippen molar-refractivity contribution in [2.45, 2.75) is 0 Å². The predicted octanol–water partition coefficient (Wildman–Crippen LogP) is 2.63. The van der Waals surface area contributed by atoms with Gasteiger partial charge in [-0.2, -0.15) is 0 Å². The summed E-state index contributed by atoms with van der Waals surface area (Å²) in [5.41, 5.74) is 0.998. The Morgan fingerprint density at radius 2 is 2.00 bits per heavy atom. The van der Waals surface area contributed by atoms with Gasteiger partial charge in [0.2, 0.25) is 11.6 Å². The van der Waals surface area contributed by atoms with Gasteiger partial charge in [-0.3, -0.25) is 4.98 Å². The van der Waals surface area contributed by atoms with Crippen molar-refractivity contribution in [2.24, 2.45) is 0 Å². The van der Waals surface area contributed by atoms with Gasteiger partial charge in [0.1, 0.15) is 0 Å². The largest absolute Gasteiger partial charge is 0.363 e. The summed E-state index contributed by atoms with van der Waals surface area (Å²) < 4.78 is 0. The molecule has 1 aromatic carbocycles. The van der Waals surface area contributed by atoms with E-state index in [1.165, 1.54) is 6.20 Å². The van der Waals surface area contributed by atoms with Gasteiger partial charge >= 0.3 is 0 Å². The monoisotopic (exact) mass is 169 g/mol. The van der Waals surface area contributed by atoms with Gasteiger partial charge in [0.05, 0.1) is 6.20 Å². The number of hydrogen-bond donors (Lipinski definition) is 1. The number of aromatic amines is 1. The maximum absolute atomic E-state index is 6.77. The van der Waals surface area contributed by atoms with E-state index in [1.807, 2.05) is 30.3 Å². The second-order valence-electron chi connectivity index (χ2n) is 2.59. The van der Waals surface area contributed by atoms with Crippen molar-refractivity contribution in [1.82, 2.24) is 9.97 Å². The zero-order valence-electron chi connectivity index (χ0n) is 6.86. The number of nitrogens with one attached hydrogen (secondary N) is 1. The topological polar surface area (TPSA) is 33.0 Å². The summed E-state index contributed by atoms with van der Waals surface area (Å²) in [5.74, 6) is 1.21. The number of aromatic nitrogens is 2. The molecule has 0 aliphatic carbocycles. The molecule has 1 aromatic heterocycles. The van der Waals surface area contributed by atoms with Crippen molar-refractivity contribution >= 4 is 5.82 Å². The average Bonchev–Trinajstić information content (AvgIpc) is 2.67. The van der Waals surface area contributed by atoms with Gasteiger partial charge in [-0.05, 0) is 12.1 Å². The summed E-state index contributed by atoms with van der Waals surface area (Å²) >= 11 is 0. The molecule has 0 fully saturated rings. The molecule has 1 heterocycles. The van der Waals surface area contributed by atoms with E-state index in [2.05, 4.69) is 14.8 Å². The Morgan fingerprint density at radius 1 is 1.23 bits per heavy atom. The Bertz CT molecular complexity index is 437. The maximum atomic E-state index is 6.77. The third kappa shape index (κ3) is 1.42. The Hall–Kier alpha value is -2.08. The first kappa shape index (κ1) is 7.56. The van der Waals surface area contributed by atoms with Gasteiger partial charge in [0, 0.05) is 5.56 Å². The molecule has 0 aliphatic heterocycles. The van der Waals surface area contributed by atoms with E-state index in [0.29, 0.717) is 5.82 Å². The highest BCUT2D eigenvalue weighted by molar-refractivity contribution is 5.57. The molecule has 0 spiro atoms. The number of imidazole rings is 1. The maximum Gasteiger partial charge on any atom is 0.247 e. The van der Waals surface area contributed by atoms with Crippen LogP contribution < -0.4 is 0 Å². The van der Waals surface area contributed by atoms with Crippen LogP contribution in [0.25, 0.3) is 16.2 Å². The van der Waals surface area contributed by atoms with Crippen LogP contribution in [0, 0.1) is 6.57 Å². The van der Waals surface area contributed by atoms with E-state index in [-0.39, 0.29) is 0 Å². The lowest BCUT2D eigenvalue weighted by molar-refractivity contribution is 1.31. The van der Waals surface area contributed by atoms with E-state index >= 15 is 0 Å². The molecular formula is C10H7N3. The lowest BCUT2D eigenvalue weighted by Crippen LogP contribution is -1.77. The van der Waals surface area contributed by atoms with Crippen molar-refractivity contribution < 1.29 is 0 Å². The van der Waals surface area contributed by atoms with Gasteiger partial charge in [-0.15, -0.1) is 0 Å². The average molecular weight is 169 g/mol. The van der Waals surface area contributed by atoms with Crippen LogP contribution in [0.5, 0.6) is 0 Å². The molecule has 0 radical (unpaired) electrons. The van der Waals surface area contributed by atoms with Crippen molar-refractivity contribution in [3.8, 4) is 11.4 Å². The van der Waals surface area contributed by atoms with Crippen molar-refractivity contribution in [3.05, 3.63) is 47.9 Å². The van der Waals surface area contributed by atoms with Gasteiger partial charge in [-0.25, -0.2) is 4.98 Å². The molecule has 0 saturated carbocycles. The Morgan fingerprint density at radius 3 is 2.62 bits per heavy atom. The van der Waals surface area contributed by atoms with Gasteiger partial charge in [0.15, 0.2) is 0 Å². The van der Waals surface area contributed by atoms with Crippen LogP contribution in [-0.4, -0.2) is 9.97 Å². The number of H-pyrrole nitrogens is 1. The van der Waals surface area contributed by atoms with Crippen LogP contribution >= 0.6 is 0 Å². The normalized spacial score (nSPS) is 9.46. The highest BCUT2D eigenvalue weighted by Gasteiger charge is 2.02. The summed E-state index contributed by atoms with van der Waals surface area (Å²) in [6, 6.07) is 9.73. The number of benzene rings is 1. The fraction of sp³-hybridized carbons (Fsp3) is 0. The molecule has 0 bridgehead atoms. The van der Waals surface area contributed by atoms with E-state index in [4.69, 9.17) is 6.57 Å². The summed E-state index contributed by atoms with van der Waals surface area (Å²) in [5, 5.41) is 0. The minimum absolute atomic E-state index is 0.471.